The lowest BCUT2D eigenvalue weighted by Crippen LogP contribution is -2.45. The number of likely N-dealkylation sites (tertiary alicyclic amines) is 1. The van der Waals surface area contributed by atoms with Gasteiger partial charge in [-0.1, -0.05) is 17.7 Å². The summed E-state index contributed by atoms with van der Waals surface area (Å²) in [5.74, 6) is 1.59. The molecule has 2 atom stereocenters. The fourth-order valence-corrected chi connectivity index (χ4v) is 7.78. The SMILES string of the molecule is CCOC(=O)C1C2CCC1CN(c1nc(-c3cc(C)ccc3OCc3ccc(C(=O)N4CCCCC4)cc3C)cs1)C2. The number of carbonyl (C=O) groups excluding carboxylic acids is 2. The summed E-state index contributed by atoms with van der Waals surface area (Å²) in [6.07, 6.45) is 5.53. The van der Waals surface area contributed by atoms with Crippen LogP contribution in [0, 0.1) is 31.6 Å². The first-order chi connectivity index (χ1) is 20.4. The van der Waals surface area contributed by atoms with Crippen LogP contribution in [0.3, 0.4) is 0 Å². The minimum absolute atomic E-state index is 0.0236. The molecule has 2 aliphatic heterocycles. The highest BCUT2D eigenvalue weighted by Gasteiger charge is 2.47. The Labute approximate surface area is 252 Å². The number of hydrogen-bond donors (Lipinski definition) is 0. The van der Waals surface area contributed by atoms with Crippen molar-refractivity contribution in [3.63, 3.8) is 0 Å². The summed E-state index contributed by atoms with van der Waals surface area (Å²) < 4.78 is 11.8. The average molecular weight is 588 g/mol. The van der Waals surface area contributed by atoms with Gasteiger partial charge in [-0.25, -0.2) is 4.98 Å². The van der Waals surface area contributed by atoms with Gasteiger partial charge < -0.3 is 19.3 Å². The molecule has 6 rings (SSSR count). The zero-order chi connectivity index (χ0) is 29.2. The maximum atomic E-state index is 13.0. The van der Waals surface area contributed by atoms with Crippen LogP contribution in [0.2, 0.25) is 0 Å². The molecule has 0 N–H and O–H groups in total. The first-order valence-electron chi connectivity index (χ1n) is 15.4. The molecule has 3 fully saturated rings. The van der Waals surface area contributed by atoms with Crippen LogP contribution in [0.4, 0.5) is 5.13 Å². The molecule has 1 amide bonds. The van der Waals surface area contributed by atoms with E-state index in [1.54, 1.807) is 11.3 Å². The van der Waals surface area contributed by atoms with Gasteiger partial charge in [-0.3, -0.25) is 9.59 Å². The normalized spacial score (nSPS) is 21.8. The second kappa shape index (κ2) is 12.5. The standard InChI is InChI=1S/C34H41N3O4S/c1-4-40-33(39)31-25-10-11-26(31)19-37(18-25)34-35-29(21-42-34)28-16-22(2)8-13-30(28)41-20-27-12-9-24(17-23(27)3)32(38)36-14-6-5-7-15-36/h8-9,12-13,16-17,21,25-26,31H,4-7,10-11,14-15,18-20H2,1-3H3. The van der Waals surface area contributed by atoms with E-state index in [1.165, 1.54) is 6.42 Å². The highest BCUT2D eigenvalue weighted by Crippen LogP contribution is 2.45. The Morgan fingerprint density at radius 3 is 2.48 bits per heavy atom. The third-order valence-corrected chi connectivity index (χ3v) is 10.1. The highest BCUT2D eigenvalue weighted by atomic mass is 32.1. The van der Waals surface area contributed by atoms with E-state index in [-0.39, 0.29) is 17.8 Å². The van der Waals surface area contributed by atoms with Crippen molar-refractivity contribution in [2.24, 2.45) is 17.8 Å². The molecule has 2 unspecified atom stereocenters. The smallest absolute Gasteiger partial charge is 0.309 e. The molecule has 3 aromatic rings. The molecular weight excluding hydrogens is 546 g/mol. The number of thiazole rings is 1. The molecule has 7 nitrogen and oxygen atoms in total. The van der Waals surface area contributed by atoms with Gasteiger partial charge in [-0.15, -0.1) is 11.3 Å². The van der Waals surface area contributed by atoms with Crippen molar-refractivity contribution < 1.29 is 19.1 Å². The van der Waals surface area contributed by atoms with Gasteiger partial charge in [0.2, 0.25) is 0 Å². The monoisotopic (exact) mass is 587 g/mol. The molecule has 0 spiro atoms. The summed E-state index contributed by atoms with van der Waals surface area (Å²) in [6.45, 7) is 10.3. The van der Waals surface area contributed by atoms with E-state index in [0.717, 1.165) is 96.3 Å². The van der Waals surface area contributed by atoms with Crippen LogP contribution >= 0.6 is 11.3 Å². The van der Waals surface area contributed by atoms with Gasteiger partial charge in [0.15, 0.2) is 5.13 Å². The van der Waals surface area contributed by atoms with Gasteiger partial charge >= 0.3 is 5.97 Å². The van der Waals surface area contributed by atoms with Crippen LogP contribution in [0.5, 0.6) is 5.75 Å². The lowest BCUT2D eigenvalue weighted by atomic mass is 9.85. The predicted molar refractivity (Wildman–Crippen MR) is 166 cm³/mol. The minimum atomic E-state index is -0.0236. The Balaban J connectivity index is 1.15. The van der Waals surface area contributed by atoms with Crippen molar-refractivity contribution in [3.8, 4) is 17.0 Å². The topological polar surface area (TPSA) is 72.0 Å². The van der Waals surface area contributed by atoms with E-state index in [1.807, 2.05) is 43.0 Å². The first-order valence-corrected chi connectivity index (χ1v) is 16.3. The van der Waals surface area contributed by atoms with Gasteiger partial charge in [0, 0.05) is 42.7 Å². The molecule has 2 aromatic carbocycles. The maximum absolute atomic E-state index is 13.0. The Bertz CT molecular complexity index is 1430. The van der Waals surface area contributed by atoms with Crippen molar-refractivity contribution in [1.29, 1.82) is 0 Å². The number of carbonyl (C=O) groups is 2. The molecule has 1 aliphatic carbocycles. The van der Waals surface area contributed by atoms with Crippen molar-refractivity contribution in [2.45, 2.75) is 59.5 Å². The number of aromatic nitrogens is 1. The van der Waals surface area contributed by atoms with Crippen LogP contribution in [-0.4, -0.2) is 54.5 Å². The molecule has 222 valence electrons. The fraction of sp³-hybridized carbons (Fsp3) is 0.500. The third kappa shape index (κ3) is 5.91. The number of ether oxygens (including phenoxy) is 2. The Morgan fingerprint density at radius 1 is 1.00 bits per heavy atom. The van der Waals surface area contributed by atoms with E-state index in [2.05, 4.69) is 29.3 Å². The molecular formula is C34H41N3O4S. The quantitative estimate of drug-likeness (QED) is 0.275. The number of esters is 1. The number of rotatable bonds is 8. The van der Waals surface area contributed by atoms with E-state index < -0.39 is 0 Å². The number of aryl methyl sites for hydroxylation is 2. The first kappa shape index (κ1) is 28.7. The second-order valence-electron chi connectivity index (χ2n) is 12.1. The largest absolute Gasteiger partial charge is 0.488 e. The van der Waals surface area contributed by atoms with Gasteiger partial charge in [0.25, 0.3) is 5.91 Å². The third-order valence-electron chi connectivity index (χ3n) is 9.18. The maximum Gasteiger partial charge on any atom is 0.309 e. The molecule has 2 saturated heterocycles. The van der Waals surface area contributed by atoms with Crippen LogP contribution in [0.1, 0.15) is 66.1 Å². The van der Waals surface area contributed by atoms with Gasteiger partial charge in [0.05, 0.1) is 18.2 Å². The van der Waals surface area contributed by atoms with Crippen LogP contribution in [0.25, 0.3) is 11.3 Å². The summed E-state index contributed by atoms with van der Waals surface area (Å²) in [6, 6.07) is 12.2. The number of nitrogens with zero attached hydrogens (tertiary/aromatic N) is 3. The number of piperidine rings is 2. The second-order valence-corrected chi connectivity index (χ2v) is 12.9. The zero-order valence-corrected chi connectivity index (χ0v) is 25.8. The van der Waals surface area contributed by atoms with E-state index >= 15 is 0 Å². The van der Waals surface area contributed by atoms with Crippen molar-refractivity contribution in [1.82, 2.24) is 9.88 Å². The molecule has 3 heterocycles. The molecule has 0 radical (unpaired) electrons. The molecule has 3 aliphatic rings. The molecule has 1 saturated carbocycles. The van der Waals surface area contributed by atoms with Gasteiger partial charge in [0.1, 0.15) is 12.4 Å². The van der Waals surface area contributed by atoms with E-state index in [0.29, 0.717) is 25.0 Å². The summed E-state index contributed by atoms with van der Waals surface area (Å²) >= 11 is 1.66. The number of anilines is 1. The summed E-state index contributed by atoms with van der Waals surface area (Å²) in [7, 11) is 0. The van der Waals surface area contributed by atoms with Crippen molar-refractivity contribution in [3.05, 3.63) is 64.0 Å². The minimum Gasteiger partial charge on any atom is -0.488 e. The average Bonchev–Trinajstić information content (AvgIpc) is 3.60. The number of hydrogen-bond acceptors (Lipinski definition) is 7. The molecule has 42 heavy (non-hydrogen) atoms. The lowest BCUT2D eigenvalue weighted by Gasteiger charge is -2.36. The molecule has 2 bridgehead atoms. The lowest BCUT2D eigenvalue weighted by molar-refractivity contribution is -0.151. The Hall–Kier alpha value is -3.39. The summed E-state index contributed by atoms with van der Waals surface area (Å²) in [5, 5.41) is 3.12. The zero-order valence-electron chi connectivity index (χ0n) is 24.9. The Kier molecular flexibility index (Phi) is 8.52. The molecule has 8 heteroatoms. The number of amides is 1. The van der Waals surface area contributed by atoms with Crippen LogP contribution < -0.4 is 9.64 Å². The Morgan fingerprint density at radius 2 is 1.76 bits per heavy atom. The number of benzene rings is 2. The van der Waals surface area contributed by atoms with E-state index in [9.17, 15) is 9.59 Å². The predicted octanol–water partition coefficient (Wildman–Crippen LogP) is 6.66. The van der Waals surface area contributed by atoms with Crippen molar-refractivity contribution in [2.75, 3.05) is 37.7 Å². The highest BCUT2D eigenvalue weighted by molar-refractivity contribution is 7.14. The summed E-state index contributed by atoms with van der Waals surface area (Å²) in [5.41, 5.74) is 5.92. The van der Waals surface area contributed by atoms with Gasteiger partial charge in [-0.05, 0) is 100 Å². The summed E-state index contributed by atoms with van der Waals surface area (Å²) in [4.78, 5) is 34.9. The van der Waals surface area contributed by atoms with Crippen LogP contribution in [-0.2, 0) is 16.1 Å². The van der Waals surface area contributed by atoms with E-state index in [4.69, 9.17) is 14.5 Å². The van der Waals surface area contributed by atoms with Crippen molar-refractivity contribution >= 4 is 28.3 Å². The van der Waals surface area contributed by atoms with Gasteiger partial charge in [-0.2, -0.15) is 0 Å². The number of fused-ring (bicyclic) bond motifs is 2. The fourth-order valence-electron chi connectivity index (χ4n) is 6.93. The molecule has 1 aromatic heterocycles. The van der Waals surface area contributed by atoms with Crippen LogP contribution in [0.15, 0.2) is 41.8 Å².